The van der Waals surface area contributed by atoms with Gasteiger partial charge in [0, 0.05) is 6.04 Å². The third-order valence-electron chi connectivity index (χ3n) is 1.89. The number of aliphatic imine (C=N–C) groups is 1. The van der Waals surface area contributed by atoms with Gasteiger partial charge in [-0.05, 0) is 26.3 Å². The van der Waals surface area contributed by atoms with Crippen LogP contribution in [-0.4, -0.2) is 24.0 Å². The molecular weight excluding hydrogens is 183 g/mol. The third-order valence-corrected chi connectivity index (χ3v) is 1.89. The van der Waals surface area contributed by atoms with Crippen molar-refractivity contribution in [2.24, 2.45) is 10.9 Å². The highest BCUT2D eigenvalue weighted by Gasteiger charge is 2.43. The summed E-state index contributed by atoms with van der Waals surface area (Å²) in [6, 6.07) is 0.0867. The van der Waals surface area contributed by atoms with Crippen LogP contribution in [0.2, 0.25) is 0 Å². The van der Waals surface area contributed by atoms with E-state index in [2.05, 4.69) is 16.9 Å². The first kappa shape index (κ1) is 10.9. The van der Waals surface area contributed by atoms with Gasteiger partial charge in [0.05, 0.1) is 5.92 Å². The number of halogens is 1. The summed E-state index contributed by atoms with van der Waals surface area (Å²) in [6.45, 7) is 7.31. The number of hydrogen-bond acceptors (Lipinski definition) is 2. The van der Waals surface area contributed by atoms with Crippen LogP contribution in [0.25, 0.3) is 0 Å². The van der Waals surface area contributed by atoms with E-state index in [0.29, 0.717) is 12.3 Å². The van der Waals surface area contributed by atoms with Gasteiger partial charge in [0.25, 0.3) is 0 Å². The van der Waals surface area contributed by atoms with Crippen LogP contribution in [0, 0.1) is 5.92 Å². The molecular formula is C10H15FN2O. The van der Waals surface area contributed by atoms with Crippen LogP contribution in [0.15, 0.2) is 17.6 Å². The smallest absolute Gasteiger partial charge is 0.231 e. The van der Waals surface area contributed by atoms with Crippen molar-refractivity contribution < 1.29 is 9.18 Å². The lowest BCUT2D eigenvalue weighted by atomic mass is 10.3. The summed E-state index contributed by atoms with van der Waals surface area (Å²) in [5.41, 5.74) is 0. The van der Waals surface area contributed by atoms with Gasteiger partial charge in [0.1, 0.15) is 12.0 Å². The lowest BCUT2D eigenvalue weighted by Gasteiger charge is -2.05. The zero-order chi connectivity index (χ0) is 10.7. The van der Waals surface area contributed by atoms with Gasteiger partial charge in [0.15, 0.2) is 0 Å². The molecule has 0 bridgehead atoms. The van der Waals surface area contributed by atoms with Gasteiger partial charge in [-0.15, -0.1) is 0 Å². The fraction of sp³-hybridized carbons (Fsp3) is 0.600. The lowest BCUT2D eigenvalue weighted by molar-refractivity contribution is -0.121. The van der Waals surface area contributed by atoms with Crippen molar-refractivity contribution in [1.29, 1.82) is 0 Å². The van der Waals surface area contributed by atoms with Crippen molar-refractivity contribution in [1.82, 2.24) is 5.32 Å². The van der Waals surface area contributed by atoms with Crippen LogP contribution in [0.5, 0.6) is 0 Å². The molecule has 0 aromatic heterocycles. The number of amidine groups is 1. The minimum absolute atomic E-state index is 0.0867. The molecule has 0 saturated heterocycles. The molecule has 1 rings (SSSR count). The fourth-order valence-corrected chi connectivity index (χ4v) is 1.07. The van der Waals surface area contributed by atoms with E-state index in [4.69, 9.17) is 0 Å². The molecule has 0 aromatic carbocycles. The van der Waals surface area contributed by atoms with E-state index in [1.54, 1.807) is 0 Å². The van der Waals surface area contributed by atoms with Crippen LogP contribution in [-0.2, 0) is 4.79 Å². The summed E-state index contributed by atoms with van der Waals surface area (Å²) in [5, 5.41) is 2.54. The van der Waals surface area contributed by atoms with Crippen molar-refractivity contribution in [3.63, 3.8) is 0 Å². The number of rotatable bonds is 3. The average molecular weight is 198 g/mol. The Morgan fingerprint density at radius 3 is 2.64 bits per heavy atom. The molecule has 0 heterocycles. The second kappa shape index (κ2) is 4.35. The summed E-state index contributed by atoms with van der Waals surface area (Å²) < 4.78 is 12.5. The first-order valence-corrected chi connectivity index (χ1v) is 4.69. The maximum Gasteiger partial charge on any atom is 0.231 e. The normalized spacial score (nSPS) is 26.1. The molecule has 1 N–H and O–H groups in total. The van der Waals surface area contributed by atoms with Crippen molar-refractivity contribution in [3.05, 3.63) is 12.7 Å². The van der Waals surface area contributed by atoms with E-state index in [9.17, 15) is 9.18 Å². The van der Waals surface area contributed by atoms with Crippen molar-refractivity contribution in [2.45, 2.75) is 32.5 Å². The van der Waals surface area contributed by atoms with Crippen LogP contribution < -0.4 is 5.32 Å². The summed E-state index contributed by atoms with van der Waals surface area (Å²) in [7, 11) is 0. The molecule has 0 unspecified atom stereocenters. The third kappa shape index (κ3) is 2.94. The fourth-order valence-electron chi connectivity index (χ4n) is 1.07. The maximum atomic E-state index is 12.5. The highest BCUT2D eigenvalue weighted by atomic mass is 19.1. The average Bonchev–Trinajstić information content (AvgIpc) is 2.80. The molecule has 1 aliphatic rings. The Bertz CT molecular complexity index is 273. The summed E-state index contributed by atoms with van der Waals surface area (Å²) in [6.07, 6.45) is 0.825. The summed E-state index contributed by atoms with van der Waals surface area (Å²) >= 11 is 0. The summed E-state index contributed by atoms with van der Waals surface area (Å²) in [5.74, 6) is -0.354. The SMILES string of the molecule is C=C/C(=N\C(C)C)NC(=O)[C@@H]1C[C@@H]1F. The first-order valence-electron chi connectivity index (χ1n) is 4.69. The zero-order valence-corrected chi connectivity index (χ0v) is 8.46. The standard InChI is InChI=1S/C10H15FN2O/c1-4-9(12-6(2)3)13-10(14)7-5-8(7)11/h4,6-8H,1,5H2,2-3H3,(H,12,13,14)/t7-,8+/m1/s1. The molecule has 0 radical (unpaired) electrons. The zero-order valence-electron chi connectivity index (χ0n) is 8.46. The number of carbonyl (C=O) groups excluding carboxylic acids is 1. The minimum atomic E-state index is -0.972. The molecule has 2 atom stereocenters. The van der Waals surface area contributed by atoms with E-state index in [1.807, 2.05) is 13.8 Å². The van der Waals surface area contributed by atoms with Crippen LogP contribution in [0.1, 0.15) is 20.3 Å². The van der Waals surface area contributed by atoms with Crippen molar-refractivity contribution in [3.8, 4) is 0 Å². The molecule has 3 nitrogen and oxygen atoms in total. The highest BCUT2D eigenvalue weighted by Crippen LogP contribution is 2.33. The van der Waals surface area contributed by atoms with Gasteiger partial charge in [0.2, 0.25) is 5.91 Å². The highest BCUT2D eigenvalue weighted by molar-refractivity contribution is 6.05. The van der Waals surface area contributed by atoms with E-state index in [0.717, 1.165) is 0 Å². The molecule has 1 fully saturated rings. The molecule has 14 heavy (non-hydrogen) atoms. The molecule has 0 spiro atoms. The number of amides is 1. The van der Waals surface area contributed by atoms with Gasteiger partial charge < -0.3 is 5.32 Å². The Balaban J connectivity index is 2.48. The monoisotopic (exact) mass is 198 g/mol. The molecule has 0 aromatic rings. The Labute approximate surface area is 83.1 Å². The Morgan fingerprint density at radius 1 is 1.71 bits per heavy atom. The molecule has 78 valence electrons. The number of nitrogens with one attached hydrogen (secondary N) is 1. The summed E-state index contributed by atoms with van der Waals surface area (Å²) in [4.78, 5) is 15.4. The largest absolute Gasteiger partial charge is 0.311 e. The molecule has 0 aliphatic heterocycles. The number of hydrogen-bond donors (Lipinski definition) is 1. The first-order chi connectivity index (χ1) is 6.54. The number of alkyl halides is 1. The second-order valence-corrected chi connectivity index (χ2v) is 3.66. The van der Waals surface area contributed by atoms with Crippen LogP contribution >= 0.6 is 0 Å². The molecule has 1 aliphatic carbocycles. The minimum Gasteiger partial charge on any atom is -0.311 e. The molecule has 4 heteroatoms. The predicted octanol–water partition coefficient (Wildman–Crippen LogP) is 1.45. The van der Waals surface area contributed by atoms with Gasteiger partial charge in [-0.25, -0.2) is 4.39 Å². The van der Waals surface area contributed by atoms with Gasteiger partial charge in [-0.2, -0.15) is 0 Å². The van der Waals surface area contributed by atoms with Crippen molar-refractivity contribution in [2.75, 3.05) is 0 Å². The van der Waals surface area contributed by atoms with Gasteiger partial charge >= 0.3 is 0 Å². The van der Waals surface area contributed by atoms with Crippen LogP contribution in [0.3, 0.4) is 0 Å². The Kier molecular flexibility index (Phi) is 3.38. The van der Waals surface area contributed by atoms with E-state index >= 15 is 0 Å². The van der Waals surface area contributed by atoms with E-state index in [1.165, 1.54) is 6.08 Å². The van der Waals surface area contributed by atoms with Crippen molar-refractivity contribution >= 4 is 11.7 Å². The number of carbonyl (C=O) groups is 1. The maximum absolute atomic E-state index is 12.5. The van der Waals surface area contributed by atoms with Gasteiger partial charge in [-0.3, -0.25) is 9.79 Å². The second-order valence-electron chi connectivity index (χ2n) is 3.66. The Hall–Kier alpha value is -1.19. The van der Waals surface area contributed by atoms with E-state index in [-0.39, 0.29) is 11.9 Å². The van der Waals surface area contributed by atoms with E-state index < -0.39 is 12.1 Å². The molecule has 1 amide bonds. The predicted molar refractivity (Wildman–Crippen MR) is 53.9 cm³/mol. The quantitative estimate of drug-likeness (QED) is 0.541. The molecule has 1 saturated carbocycles. The van der Waals surface area contributed by atoms with Gasteiger partial charge in [-0.1, -0.05) is 6.58 Å². The number of nitrogens with zero attached hydrogens (tertiary/aromatic N) is 1. The lowest BCUT2D eigenvalue weighted by Crippen LogP contribution is -2.31. The topological polar surface area (TPSA) is 41.5 Å². The Morgan fingerprint density at radius 2 is 2.29 bits per heavy atom. The van der Waals surface area contributed by atoms with Crippen LogP contribution in [0.4, 0.5) is 4.39 Å².